The summed E-state index contributed by atoms with van der Waals surface area (Å²) in [5.41, 5.74) is -2.74. The number of rotatable bonds is 5. The fraction of sp³-hybridized carbons (Fsp3) is 0.500. The first-order valence-corrected chi connectivity index (χ1v) is 5.85. The molecule has 0 fully saturated rings. The SMILES string of the molecule is O=C(O)CC(O)(CC(=O)O)C(=O)O.O[Si](O)(O)O.[NaH].[NaH]. The third-order valence-corrected chi connectivity index (χ3v) is 1.29. The van der Waals surface area contributed by atoms with E-state index in [0.717, 1.165) is 0 Å². The van der Waals surface area contributed by atoms with Gasteiger partial charge in [0.25, 0.3) is 0 Å². The molecule has 0 aromatic rings. The van der Waals surface area contributed by atoms with Gasteiger partial charge in [0.1, 0.15) is 0 Å². The van der Waals surface area contributed by atoms with Crippen LogP contribution < -0.4 is 0 Å². The summed E-state index contributed by atoms with van der Waals surface area (Å²) >= 11 is 0. The summed E-state index contributed by atoms with van der Waals surface area (Å²) in [7, 11) is -4.61. The van der Waals surface area contributed by atoms with E-state index in [2.05, 4.69) is 0 Å². The zero-order valence-electron chi connectivity index (χ0n) is 8.72. The molecule has 0 rings (SSSR count). The van der Waals surface area contributed by atoms with Gasteiger partial charge in [0.05, 0.1) is 12.8 Å². The zero-order chi connectivity index (χ0) is 15.1. The van der Waals surface area contributed by atoms with Crippen LogP contribution >= 0.6 is 0 Å². The van der Waals surface area contributed by atoms with Crippen molar-refractivity contribution in [2.75, 3.05) is 0 Å². The number of carboxylic acids is 3. The van der Waals surface area contributed by atoms with Gasteiger partial charge in [0, 0.05) is 0 Å². The number of aliphatic hydroxyl groups is 1. The molecule has 0 aliphatic rings. The molecule has 14 heteroatoms. The van der Waals surface area contributed by atoms with Crippen molar-refractivity contribution in [1.29, 1.82) is 0 Å². The van der Waals surface area contributed by atoms with Gasteiger partial charge < -0.3 is 39.6 Å². The van der Waals surface area contributed by atoms with E-state index in [1.807, 2.05) is 0 Å². The molecule has 0 unspecified atom stereocenters. The van der Waals surface area contributed by atoms with Crippen LogP contribution in [0, 0.1) is 0 Å². The number of hydrogen-bond donors (Lipinski definition) is 8. The first-order valence-electron chi connectivity index (χ1n) is 4.07. The molecule has 0 atom stereocenters. The molecular formula is C6H14Na2O11Si. The number of aliphatic carboxylic acids is 3. The van der Waals surface area contributed by atoms with Gasteiger partial charge in [0.2, 0.25) is 0 Å². The van der Waals surface area contributed by atoms with Crippen LogP contribution in [0.2, 0.25) is 0 Å². The van der Waals surface area contributed by atoms with Crippen LogP contribution in [0.1, 0.15) is 12.8 Å². The quantitative estimate of drug-likeness (QED) is 0.222. The van der Waals surface area contributed by atoms with Gasteiger partial charge in [-0.15, -0.1) is 0 Å². The second-order valence-corrected chi connectivity index (χ2v) is 4.28. The molecule has 0 saturated carbocycles. The Labute approximate surface area is 157 Å². The number of carboxylic acid groups (broad SMARTS) is 3. The minimum atomic E-state index is -4.61. The molecule has 0 amide bonds. The summed E-state index contributed by atoms with van der Waals surface area (Å²) in [4.78, 5) is 59.8. The summed E-state index contributed by atoms with van der Waals surface area (Å²) < 4.78 is 0. The standard InChI is InChI=1S/C6H8O7.2Na.H4O4Si.2H/c7-3(8)1-6(13,5(11)12)2-4(9)10;;;1-5(2,3)4;;/h13H,1-2H2,(H,7,8)(H,9,10)(H,11,12);;;1-4H;;. The van der Waals surface area contributed by atoms with Crippen LogP contribution in [-0.4, -0.2) is 131 Å². The second kappa shape index (κ2) is 12.0. The molecule has 0 saturated heterocycles. The Hall–Kier alpha value is 0.427. The summed E-state index contributed by atoms with van der Waals surface area (Å²) in [5, 5.41) is 33.8. The van der Waals surface area contributed by atoms with Gasteiger partial charge in [-0.2, -0.15) is 0 Å². The van der Waals surface area contributed by atoms with Crippen molar-refractivity contribution >= 4 is 86.1 Å². The summed E-state index contributed by atoms with van der Waals surface area (Å²) in [6.07, 6.45) is -2.29. The average molecular weight is 336 g/mol. The van der Waals surface area contributed by atoms with E-state index in [9.17, 15) is 14.4 Å². The maximum absolute atomic E-state index is 10.3. The fourth-order valence-electron chi connectivity index (χ4n) is 0.714. The Kier molecular flexibility index (Phi) is 17.2. The van der Waals surface area contributed by atoms with Crippen LogP contribution in [0.25, 0.3) is 0 Å². The summed E-state index contributed by atoms with van der Waals surface area (Å²) in [5.74, 6) is -5.02. The van der Waals surface area contributed by atoms with Gasteiger partial charge in [-0.3, -0.25) is 9.59 Å². The monoisotopic (exact) mass is 336 g/mol. The molecule has 0 heterocycles. The molecule has 20 heavy (non-hydrogen) atoms. The Morgan fingerprint density at radius 2 is 1.00 bits per heavy atom. The van der Waals surface area contributed by atoms with E-state index in [0.29, 0.717) is 0 Å². The fourth-order valence-corrected chi connectivity index (χ4v) is 0.714. The molecule has 8 N–H and O–H groups in total. The van der Waals surface area contributed by atoms with Gasteiger partial charge in [-0.1, -0.05) is 0 Å². The van der Waals surface area contributed by atoms with Crippen LogP contribution in [0.4, 0.5) is 0 Å². The van der Waals surface area contributed by atoms with Crippen molar-refractivity contribution in [2.24, 2.45) is 0 Å². The van der Waals surface area contributed by atoms with E-state index in [1.54, 1.807) is 0 Å². The Bertz CT molecular complexity index is 305. The van der Waals surface area contributed by atoms with Crippen molar-refractivity contribution < 1.29 is 54.0 Å². The van der Waals surface area contributed by atoms with Crippen LogP contribution in [0.3, 0.4) is 0 Å². The molecule has 0 radical (unpaired) electrons. The Morgan fingerprint density at radius 3 is 1.10 bits per heavy atom. The Balaban J connectivity index is -0.000000158. The van der Waals surface area contributed by atoms with Gasteiger partial charge in [-0.05, 0) is 0 Å². The average Bonchev–Trinajstić information content (AvgIpc) is 1.95. The third kappa shape index (κ3) is 20.7. The van der Waals surface area contributed by atoms with Gasteiger partial charge >= 0.3 is 86.1 Å². The second-order valence-electron chi connectivity index (χ2n) is 3.08. The Morgan fingerprint density at radius 1 is 0.800 bits per heavy atom. The summed E-state index contributed by atoms with van der Waals surface area (Å²) in [6.45, 7) is 0. The molecule has 0 aliphatic carbocycles. The van der Waals surface area contributed by atoms with Crippen molar-refractivity contribution in [3.8, 4) is 0 Å². The normalized spacial score (nSPS) is 10.1. The van der Waals surface area contributed by atoms with Crippen molar-refractivity contribution in [2.45, 2.75) is 18.4 Å². The van der Waals surface area contributed by atoms with Crippen LogP contribution in [-0.2, 0) is 14.4 Å². The van der Waals surface area contributed by atoms with Crippen molar-refractivity contribution in [3.05, 3.63) is 0 Å². The molecule has 0 aliphatic heterocycles. The third-order valence-electron chi connectivity index (χ3n) is 1.29. The van der Waals surface area contributed by atoms with E-state index in [4.69, 9.17) is 39.6 Å². The van der Waals surface area contributed by atoms with Crippen LogP contribution in [0.5, 0.6) is 0 Å². The van der Waals surface area contributed by atoms with Gasteiger partial charge in [-0.25, -0.2) is 4.79 Å². The van der Waals surface area contributed by atoms with Gasteiger partial charge in [0.15, 0.2) is 5.60 Å². The predicted octanol–water partition coefficient (Wildman–Crippen LogP) is -5.15. The predicted molar refractivity (Wildman–Crippen MR) is 66.0 cm³/mol. The first-order chi connectivity index (χ1) is 7.78. The van der Waals surface area contributed by atoms with Crippen molar-refractivity contribution in [1.82, 2.24) is 0 Å². The molecule has 0 aromatic heterocycles. The minimum absolute atomic E-state index is 0. The zero-order valence-corrected chi connectivity index (χ0v) is 9.72. The molecule has 0 spiro atoms. The number of hydrogen-bond acceptors (Lipinski definition) is 8. The van der Waals surface area contributed by atoms with Crippen molar-refractivity contribution in [3.63, 3.8) is 0 Å². The van der Waals surface area contributed by atoms with E-state index in [-0.39, 0.29) is 59.1 Å². The molecule has 0 aromatic carbocycles. The first kappa shape index (κ1) is 28.6. The summed E-state index contributed by atoms with van der Waals surface area (Å²) in [6, 6.07) is 0. The molecular weight excluding hydrogens is 322 g/mol. The number of carbonyl (C=O) groups is 3. The van der Waals surface area contributed by atoms with E-state index in [1.165, 1.54) is 0 Å². The maximum atomic E-state index is 10.3. The molecule has 110 valence electrons. The molecule has 0 bridgehead atoms. The van der Waals surface area contributed by atoms with Crippen LogP contribution in [0.15, 0.2) is 0 Å². The topological polar surface area (TPSA) is 213 Å². The van der Waals surface area contributed by atoms with E-state index < -0.39 is 45.4 Å². The molecule has 11 nitrogen and oxygen atoms in total. The van der Waals surface area contributed by atoms with E-state index >= 15 is 0 Å².